The van der Waals surface area contributed by atoms with Crippen molar-refractivity contribution < 1.29 is 9.53 Å². The molecule has 6 heteroatoms. The number of amides is 1. The molecule has 1 aromatic carbocycles. The molecule has 28 heavy (non-hydrogen) atoms. The van der Waals surface area contributed by atoms with Gasteiger partial charge in [-0.05, 0) is 29.7 Å². The van der Waals surface area contributed by atoms with E-state index in [1.807, 2.05) is 23.1 Å². The fraction of sp³-hybridized carbons (Fsp3) is 0.500. The topological polar surface area (TPSA) is 58.6 Å². The zero-order valence-electron chi connectivity index (χ0n) is 16.9. The number of rotatable bonds is 2. The van der Waals surface area contributed by atoms with Crippen molar-refractivity contribution >= 4 is 11.7 Å². The van der Waals surface area contributed by atoms with Crippen LogP contribution in [0, 0.1) is 0 Å². The smallest absolute Gasteiger partial charge is 0.253 e. The van der Waals surface area contributed by atoms with E-state index in [0.717, 1.165) is 31.0 Å². The molecule has 1 aromatic heterocycles. The van der Waals surface area contributed by atoms with Gasteiger partial charge in [0, 0.05) is 25.0 Å². The summed E-state index contributed by atoms with van der Waals surface area (Å²) >= 11 is 0. The molecule has 0 radical (unpaired) electrons. The average Bonchev–Trinajstić information content (AvgIpc) is 2.72. The molecule has 2 aliphatic heterocycles. The van der Waals surface area contributed by atoms with Gasteiger partial charge in [-0.1, -0.05) is 45.0 Å². The highest BCUT2D eigenvalue weighted by atomic mass is 16.5. The Kier molecular flexibility index (Phi) is 5.06. The van der Waals surface area contributed by atoms with Crippen molar-refractivity contribution in [3.63, 3.8) is 0 Å². The van der Waals surface area contributed by atoms with Gasteiger partial charge in [0.05, 0.1) is 18.8 Å². The number of carbonyl (C=O) groups excluding carboxylic acids is 1. The van der Waals surface area contributed by atoms with Crippen molar-refractivity contribution in [2.45, 2.75) is 45.3 Å². The lowest BCUT2D eigenvalue weighted by atomic mass is 9.92. The summed E-state index contributed by atoms with van der Waals surface area (Å²) in [5.41, 5.74) is 3.51. The van der Waals surface area contributed by atoms with Gasteiger partial charge in [0.25, 0.3) is 5.91 Å². The zero-order valence-corrected chi connectivity index (χ0v) is 16.9. The number of aromatic nitrogens is 2. The minimum Gasteiger partial charge on any atom is -0.365 e. The second-order valence-corrected chi connectivity index (χ2v) is 8.61. The summed E-state index contributed by atoms with van der Waals surface area (Å²) < 4.78 is 5.83. The molecule has 1 saturated heterocycles. The second kappa shape index (κ2) is 7.51. The van der Waals surface area contributed by atoms with E-state index in [4.69, 9.17) is 4.74 Å². The van der Waals surface area contributed by atoms with Crippen LogP contribution in [0.25, 0.3) is 0 Å². The molecule has 0 N–H and O–H groups in total. The maximum Gasteiger partial charge on any atom is 0.253 e. The molecule has 0 aliphatic carbocycles. The van der Waals surface area contributed by atoms with Crippen LogP contribution in [0.3, 0.4) is 0 Å². The van der Waals surface area contributed by atoms with E-state index in [2.05, 4.69) is 54.1 Å². The Hall–Kier alpha value is -2.47. The molecule has 0 bridgehead atoms. The predicted molar refractivity (Wildman–Crippen MR) is 108 cm³/mol. The van der Waals surface area contributed by atoms with Crippen molar-refractivity contribution in [1.82, 2.24) is 15.1 Å². The summed E-state index contributed by atoms with van der Waals surface area (Å²) in [5.74, 6) is 0.872. The summed E-state index contributed by atoms with van der Waals surface area (Å²) in [6.07, 6.45) is 0.445. The summed E-state index contributed by atoms with van der Waals surface area (Å²) in [4.78, 5) is 17.1. The number of fused-ring (bicyclic) bond motifs is 1. The molecule has 1 unspecified atom stereocenters. The molecular weight excluding hydrogens is 352 g/mol. The Morgan fingerprint density at radius 1 is 1.07 bits per heavy atom. The van der Waals surface area contributed by atoms with Crippen molar-refractivity contribution in [2.75, 3.05) is 31.1 Å². The summed E-state index contributed by atoms with van der Waals surface area (Å²) in [6.45, 7) is 9.52. The van der Waals surface area contributed by atoms with Crippen LogP contribution in [0.4, 0.5) is 5.82 Å². The Morgan fingerprint density at radius 3 is 2.57 bits per heavy atom. The van der Waals surface area contributed by atoms with Gasteiger partial charge in [0.2, 0.25) is 0 Å². The van der Waals surface area contributed by atoms with Gasteiger partial charge in [0.15, 0.2) is 11.9 Å². The molecule has 0 spiro atoms. The molecule has 6 nitrogen and oxygen atoms in total. The molecular formula is C22H28N4O2. The van der Waals surface area contributed by atoms with Gasteiger partial charge in [0.1, 0.15) is 0 Å². The Morgan fingerprint density at radius 2 is 1.86 bits per heavy atom. The molecule has 1 fully saturated rings. The number of hydrogen-bond donors (Lipinski definition) is 0. The number of ether oxygens (including phenoxy) is 1. The van der Waals surface area contributed by atoms with Gasteiger partial charge in [-0.15, -0.1) is 5.10 Å². The first-order valence-electron chi connectivity index (χ1n) is 9.98. The maximum atomic E-state index is 13.1. The number of hydrogen-bond acceptors (Lipinski definition) is 5. The first kappa shape index (κ1) is 18.9. The van der Waals surface area contributed by atoms with Gasteiger partial charge in [-0.25, -0.2) is 0 Å². The van der Waals surface area contributed by atoms with Gasteiger partial charge < -0.3 is 14.5 Å². The third-order valence-electron chi connectivity index (χ3n) is 5.53. The third-order valence-corrected chi connectivity index (χ3v) is 5.53. The van der Waals surface area contributed by atoms with Crippen molar-refractivity contribution in [1.29, 1.82) is 0 Å². The lowest BCUT2D eigenvalue weighted by Crippen LogP contribution is -2.52. The summed E-state index contributed by atoms with van der Waals surface area (Å²) in [5, 5.41) is 8.78. The fourth-order valence-electron chi connectivity index (χ4n) is 3.79. The highest BCUT2D eigenvalue weighted by molar-refractivity contribution is 5.82. The van der Waals surface area contributed by atoms with E-state index >= 15 is 0 Å². The van der Waals surface area contributed by atoms with E-state index < -0.39 is 6.10 Å². The van der Waals surface area contributed by atoms with Crippen LogP contribution in [0.1, 0.15) is 37.6 Å². The zero-order chi connectivity index (χ0) is 19.7. The molecule has 1 atom stereocenters. The van der Waals surface area contributed by atoms with Crippen LogP contribution in [0.15, 0.2) is 36.4 Å². The van der Waals surface area contributed by atoms with Crippen LogP contribution in [-0.4, -0.2) is 53.3 Å². The van der Waals surface area contributed by atoms with Crippen molar-refractivity contribution in [3.8, 4) is 0 Å². The fourth-order valence-corrected chi connectivity index (χ4v) is 3.79. The number of anilines is 1. The van der Waals surface area contributed by atoms with E-state index in [0.29, 0.717) is 19.7 Å². The molecule has 2 aromatic rings. The minimum absolute atomic E-state index is 0.0282. The lowest BCUT2D eigenvalue weighted by molar-refractivity contribution is -0.145. The minimum atomic E-state index is -0.455. The SMILES string of the molecule is CC(C)(C)c1ccc(N2CCOC(C(=O)N3CCc4ccccc4C3)C2)nn1. The van der Waals surface area contributed by atoms with Crippen LogP contribution in [0.2, 0.25) is 0 Å². The quantitative estimate of drug-likeness (QED) is 0.801. The van der Waals surface area contributed by atoms with Crippen LogP contribution < -0.4 is 4.90 Å². The van der Waals surface area contributed by atoms with E-state index in [-0.39, 0.29) is 11.3 Å². The molecule has 0 saturated carbocycles. The van der Waals surface area contributed by atoms with Crippen LogP contribution >= 0.6 is 0 Å². The number of benzene rings is 1. The highest BCUT2D eigenvalue weighted by Crippen LogP contribution is 2.23. The summed E-state index contributed by atoms with van der Waals surface area (Å²) in [6, 6.07) is 12.4. The molecule has 1 amide bonds. The number of morpholine rings is 1. The number of carbonyl (C=O) groups is 1. The maximum absolute atomic E-state index is 13.1. The second-order valence-electron chi connectivity index (χ2n) is 8.61. The predicted octanol–water partition coefficient (Wildman–Crippen LogP) is 2.56. The van der Waals surface area contributed by atoms with E-state index in [1.54, 1.807) is 0 Å². The van der Waals surface area contributed by atoms with E-state index in [9.17, 15) is 4.79 Å². The molecule has 3 heterocycles. The Balaban J connectivity index is 1.43. The normalized spacial score (nSPS) is 20.0. The summed E-state index contributed by atoms with van der Waals surface area (Å²) in [7, 11) is 0. The van der Waals surface area contributed by atoms with Gasteiger partial charge in [-0.3, -0.25) is 4.79 Å². The number of nitrogens with zero attached hydrogens (tertiary/aromatic N) is 4. The first-order chi connectivity index (χ1) is 13.4. The van der Waals surface area contributed by atoms with Crippen molar-refractivity contribution in [3.05, 3.63) is 53.2 Å². The van der Waals surface area contributed by atoms with E-state index in [1.165, 1.54) is 11.1 Å². The molecule has 148 valence electrons. The third kappa shape index (κ3) is 3.87. The lowest BCUT2D eigenvalue weighted by Gasteiger charge is -2.37. The largest absolute Gasteiger partial charge is 0.365 e. The Labute approximate surface area is 166 Å². The molecule has 4 rings (SSSR count). The van der Waals surface area contributed by atoms with Gasteiger partial charge in [-0.2, -0.15) is 5.10 Å². The van der Waals surface area contributed by atoms with Crippen molar-refractivity contribution in [2.24, 2.45) is 0 Å². The monoisotopic (exact) mass is 380 g/mol. The Bertz CT molecular complexity index is 844. The first-order valence-corrected chi connectivity index (χ1v) is 9.98. The highest BCUT2D eigenvalue weighted by Gasteiger charge is 2.32. The molecule has 2 aliphatic rings. The van der Waals surface area contributed by atoms with Gasteiger partial charge >= 0.3 is 0 Å². The standard InChI is InChI=1S/C22H28N4O2/c1-22(2,3)19-8-9-20(24-23-19)25-12-13-28-18(15-25)21(27)26-11-10-16-6-4-5-7-17(16)14-26/h4-9,18H,10-15H2,1-3H3. The van der Waals surface area contributed by atoms with Crippen LogP contribution in [0.5, 0.6) is 0 Å². The van der Waals surface area contributed by atoms with Crippen LogP contribution in [-0.2, 0) is 27.9 Å². The average molecular weight is 380 g/mol.